The van der Waals surface area contributed by atoms with E-state index >= 15 is 0 Å². The number of rotatable bonds is 3. The number of nitrogens with one attached hydrogen (secondary N) is 1. The van der Waals surface area contributed by atoms with E-state index in [1.165, 1.54) is 0 Å². The maximum absolute atomic E-state index is 13.8. The summed E-state index contributed by atoms with van der Waals surface area (Å²) in [6.07, 6.45) is -3.38. The molecule has 1 fully saturated rings. The van der Waals surface area contributed by atoms with Crippen molar-refractivity contribution in [3.05, 3.63) is 47.2 Å². The van der Waals surface area contributed by atoms with Crippen molar-refractivity contribution in [1.82, 2.24) is 14.7 Å². The summed E-state index contributed by atoms with van der Waals surface area (Å²) < 4.78 is 42.6. The highest BCUT2D eigenvalue weighted by molar-refractivity contribution is 5.79. The number of likely N-dealkylation sites (tertiary alicyclic amines) is 1. The molecule has 1 amide bonds. The minimum atomic E-state index is -4.37. The Balaban J connectivity index is 1.49. The molecule has 4 rings (SSSR count). The van der Waals surface area contributed by atoms with E-state index in [-0.39, 0.29) is 29.7 Å². The van der Waals surface area contributed by atoms with Crippen molar-refractivity contribution in [3.8, 4) is 0 Å². The molecular weight excluding hydrogens is 417 g/mol. The quantitative estimate of drug-likeness (QED) is 0.712. The number of aromatic nitrogens is 2. The highest BCUT2D eigenvalue weighted by atomic mass is 19.4. The number of hydrogen-bond donors (Lipinski definition) is 1. The van der Waals surface area contributed by atoms with Gasteiger partial charge in [-0.1, -0.05) is 50.6 Å². The minimum Gasteiger partial charge on any atom is -0.367 e. The number of alkyl halides is 3. The zero-order valence-corrected chi connectivity index (χ0v) is 19.0. The van der Waals surface area contributed by atoms with Crippen molar-refractivity contribution in [2.24, 2.45) is 5.41 Å². The monoisotopic (exact) mass is 448 g/mol. The molecule has 5 nitrogen and oxygen atoms in total. The van der Waals surface area contributed by atoms with Gasteiger partial charge in [0, 0.05) is 31.1 Å². The van der Waals surface area contributed by atoms with Crippen molar-refractivity contribution in [2.75, 3.05) is 18.4 Å². The van der Waals surface area contributed by atoms with E-state index in [4.69, 9.17) is 0 Å². The first-order chi connectivity index (χ1) is 14.9. The molecule has 174 valence electrons. The van der Waals surface area contributed by atoms with E-state index in [2.05, 4.69) is 10.4 Å². The molecule has 0 radical (unpaired) electrons. The number of benzene rings is 1. The molecule has 2 aliphatic rings. The van der Waals surface area contributed by atoms with Crippen LogP contribution in [0.15, 0.2) is 30.3 Å². The molecule has 1 aromatic carbocycles. The van der Waals surface area contributed by atoms with Crippen LogP contribution >= 0.6 is 0 Å². The third kappa shape index (κ3) is 4.64. The Morgan fingerprint density at radius 3 is 2.50 bits per heavy atom. The third-order valence-corrected chi connectivity index (χ3v) is 6.69. The van der Waals surface area contributed by atoms with Crippen molar-refractivity contribution in [2.45, 2.75) is 71.1 Å². The molecule has 3 heterocycles. The second-order valence-corrected chi connectivity index (χ2v) is 10.2. The van der Waals surface area contributed by atoms with Crippen LogP contribution in [0.2, 0.25) is 0 Å². The first-order valence-electron chi connectivity index (χ1n) is 11.2. The molecule has 32 heavy (non-hydrogen) atoms. The SMILES string of the molecule is Cc1ccc(CC(=O)N2CC[C@H](c3cc4n(n3)[C@@H](C(F)(F)F)C[C@H](C(C)(C)C)N4)C2)cc1. The van der Waals surface area contributed by atoms with Crippen molar-refractivity contribution >= 4 is 11.7 Å². The Morgan fingerprint density at radius 2 is 1.88 bits per heavy atom. The van der Waals surface area contributed by atoms with Crippen LogP contribution in [0.4, 0.5) is 19.0 Å². The predicted octanol–water partition coefficient (Wildman–Crippen LogP) is 5.08. The summed E-state index contributed by atoms with van der Waals surface area (Å²) in [5, 5.41) is 7.65. The third-order valence-electron chi connectivity index (χ3n) is 6.69. The lowest BCUT2D eigenvalue weighted by Gasteiger charge is -2.39. The van der Waals surface area contributed by atoms with Gasteiger partial charge in [0.25, 0.3) is 0 Å². The lowest BCUT2D eigenvalue weighted by Crippen LogP contribution is -2.44. The first-order valence-corrected chi connectivity index (χ1v) is 11.2. The van der Waals surface area contributed by atoms with E-state index in [9.17, 15) is 18.0 Å². The number of amides is 1. The summed E-state index contributed by atoms with van der Waals surface area (Å²) in [4.78, 5) is 14.5. The lowest BCUT2D eigenvalue weighted by atomic mass is 9.82. The Bertz CT molecular complexity index is 975. The van der Waals surface area contributed by atoms with Gasteiger partial charge in [-0.25, -0.2) is 4.68 Å². The Kier molecular flexibility index (Phi) is 5.75. The Morgan fingerprint density at radius 1 is 1.19 bits per heavy atom. The molecule has 1 aromatic heterocycles. The summed E-state index contributed by atoms with van der Waals surface area (Å²) >= 11 is 0. The normalized spacial score (nSPS) is 23.7. The number of carbonyl (C=O) groups is 1. The van der Waals surface area contributed by atoms with Crippen LogP contribution in [0.5, 0.6) is 0 Å². The molecule has 0 bridgehead atoms. The molecular formula is C24H31F3N4O. The number of fused-ring (bicyclic) bond motifs is 1. The van der Waals surface area contributed by atoms with Gasteiger partial charge in [-0.05, 0) is 30.7 Å². The zero-order valence-electron chi connectivity index (χ0n) is 19.0. The number of aryl methyl sites for hydroxylation is 1. The smallest absolute Gasteiger partial charge is 0.367 e. The zero-order chi connectivity index (χ0) is 23.3. The molecule has 3 atom stereocenters. The molecule has 8 heteroatoms. The number of carbonyl (C=O) groups excluding carboxylic acids is 1. The van der Waals surface area contributed by atoms with Gasteiger partial charge in [0.05, 0.1) is 12.1 Å². The van der Waals surface area contributed by atoms with E-state index in [1.54, 1.807) is 11.0 Å². The Hall–Kier alpha value is -2.51. The van der Waals surface area contributed by atoms with Crippen LogP contribution in [-0.2, 0) is 11.2 Å². The number of hydrogen-bond acceptors (Lipinski definition) is 3. The standard InChI is InChI=1S/C24H31F3N4O/c1-15-5-7-16(8-6-15)11-22(32)30-10-9-17(14-30)18-12-21-28-19(23(2,3)4)13-20(24(25,26)27)31(21)29-18/h5-8,12,17,19-20,28H,9-11,13-14H2,1-4H3/t17-,19+,20+/m0/s1. The highest BCUT2D eigenvalue weighted by Crippen LogP contribution is 2.44. The van der Waals surface area contributed by atoms with Gasteiger partial charge in [-0.15, -0.1) is 0 Å². The summed E-state index contributed by atoms with van der Waals surface area (Å²) in [5.41, 5.74) is 2.42. The molecule has 0 saturated carbocycles. The molecule has 2 aliphatic heterocycles. The second kappa shape index (κ2) is 8.12. The van der Waals surface area contributed by atoms with E-state index in [1.807, 2.05) is 52.0 Å². The maximum atomic E-state index is 13.8. The average molecular weight is 449 g/mol. The Labute approximate surface area is 187 Å². The topological polar surface area (TPSA) is 50.2 Å². The average Bonchev–Trinajstić information content (AvgIpc) is 3.34. The van der Waals surface area contributed by atoms with Gasteiger partial charge in [0.2, 0.25) is 5.91 Å². The van der Waals surface area contributed by atoms with Crippen molar-refractivity contribution < 1.29 is 18.0 Å². The first kappa shape index (κ1) is 22.7. The van der Waals surface area contributed by atoms with Crippen molar-refractivity contribution in [3.63, 3.8) is 0 Å². The van der Waals surface area contributed by atoms with Gasteiger partial charge in [-0.2, -0.15) is 18.3 Å². The fourth-order valence-electron chi connectivity index (χ4n) is 4.58. The molecule has 0 aliphatic carbocycles. The highest BCUT2D eigenvalue weighted by Gasteiger charge is 2.48. The summed E-state index contributed by atoms with van der Waals surface area (Å²) in [6, 6.07) is 7.69. The number of anilines is 1. The largest absolute Gasteiger partial charge is 0.410 e. The van der Waals surface area contributed by atoms with E-state index < -0.39 is 12.2 Å². The fourth-order valence-corrected chi connectivity index (χ4v) is 4.58. The fraction of sp³-hybridized carbons (Fsp3) is 0.583. The van der Waals surface area contributed by atoms with E-state index in [0.717, 1.165) is 15.8 Å². The van der Waals surface area contributed by atoms with Gasteiger partial charge < -0.3 is 10.2 Å². The van der Waals surface area contributed by atoms with Crippen LogP contribution in [-0.4, -0.2) is 45.9 Å². The molecule has 1 N–H and O–H groups in total. The van der Waals surface area contributed by atoms with Gasteiger partial charge in [-0.3, -0.25) is 4.79 Å². The number of halogens is 3. The van der Waals surface area contributed by atoms with Gasteiger partial charge >= 0.3 is 6.18 Å². The van der Waals surface area contributed by atoms with Crippen LogP contribution in [0.1, 0.15) is 62.4 Å². The molecule has 0 unspecified atom stereocenters. The van der Waals surface area contributed by atoms with Crippen LogP contribution in [0.3, 0.4) is 0 Å². The summed E-state index contributed by atoms with van der Waals surface area (Å²) in [6.45, 7) is 8.92. The second-order valence-electron chi connectivity index (χ2n) is 10.2. The van der Waals surface area contributed by atoms with E-state index in [0.29, 0.717) is 37.4 Å². The summed E-state index contributed by atoms with van der Waals surface area (Å²) in [5.74, 6) is 0.399. The van der Waals surface area contributed by atoms with Crippen LogP contribution < -0.4 is 5.32 Å². The molecule has 0 spiro atoms. The van der Waals surface area contributed by atoms with Crippen LogP contribution in [0.25, 0.3) is 0 Å². The predicted molar refractivity (Wildman–Crippen MR) is 118 cm³/mol. The number of nitrogens with zero attached hydrogens (tertiary/aromatic N) is 3. The molecule has 2 aromatic rings. The minimum absolute atomic E-state index is 0.0411. The summed E-state index contributed by atoms with van der Waals surface area (Å²) in [7, 11) is 0. The van der Waals surface area contributed by atoms with Crippen LogP contribution in [0, 0.1) is 12.3 Å². The van der Waals surface area contributed by atoms with Crippen molar-refractivity contribution in [1.29, 1.82) is 0 Å². The maximum Gasteiger partial charge on any atom is 0.410 e. The molecule has 1 saturated heterocycles. The van der Waals surface area contributed by atoms with Gasteiger partial charge in [0.1, 0.15) is 5.82 Å². The van der Waals surface area contributed by atoms with Gasteiger partial charge in [0.15, 0.2) is 6.04 Å². The lowest BCUT2D eigenvalue weighted by molar-refractivity contribution is -0.175.